The molecule has 0 spiro atoms. The molecule has 0 amide bonds. The summed E-state index contributed by atoms with van der Waals surface area (Å²) in [7, 11) is 0. The van der Waals surface area contributed by atoms with Crippen LogP contribution in [0.15, 0.2) is 30.5 Å². The van der Waals surface area contributed by atoms with Crippen molar-refractivity contribution in [3.8, 4) is 0 Å². The van der Waals surface area contributed by atoms with Gasteiger partial charge in [0.25, 0.3) is 0 Å². The minimum Gasteiger partial charge on any atom is -0.481 e. The summed E-state index contributed by atoms with van der Waals surface area (Å²) in [5.41, 5.74) is 0.858. The van der Waals surface area contributed by atoms with Crippen molar-refractivity contribution in [3.63, 3.8) is 0 Å². The van der Waals surface area contributed by atoms with Gasteiger partial charge in [-0.1, -0.05) is 23.4 Å². The molecule has 2 rings (SSSR count). The average Bonchev–Trinajstić information content (AvgIpc) is 2.85. The van der Waals surface area contributed by atoms with Crippen molar-refractivity contribution in [1.82, 2.24) is 15.0 Å². The van der Waals surface area contributed by atoms with Crippen molar-refractivity contribution >= 4 is 5.97 Å². The fraction of sp³-hybridized carbons (Fsp3) is 0.308. The van der Waals surface area contributed by atoms with Gasteiger partial charge in [0.15, 0.2) is 0 Å². The molecule has 1 atom stereocenters. The fourth-order valence-corrected chi connectivity index (χ4v) is 1.98. The van der Waals surface area contributed by atoms with Gasteiger partial charge in [0.05, 0.1) is 11.9 Å². The lowest BCUT2D eigenvalue weighted by molar-refractivity contribution is -0.139. The van der Waals surface area contributed by atoms with E-state index in [-0.39, 0.29) is 6.42 Å². The van der Waals surface area contributed by atoms with Gasteiger partial charge in [-0.25, -0.2) is 9.07 Å². The van der Waals surface area contributed by atoms with E-state index in [2.05, 4.69) is 10.3 Å². The van der Waals surface area contributed by atoms with E-state index < -0.39 is 17.7 Å². The monoisotopic (exact) mass is 263 g/mol. The van der Waals surface area contributed by atoms with Crippen molar-refractivity contribution < 1.29 is 14.3 Å². The zero-order chi connectivity index (χ0) is 13.8. The predicted octanol–water partition coefficient (Wildman–Crippen LogP) is 1.85. The number of aromatic nitrogens is 3. The third kappa shape index (κ3) is 2.78. The minimum absolute atomic E-state index is 0.0787. The van der Waals surface area contributed by atoms with Crippen LogP contribution in [0.25, 0.3) is 0 Å². The Kier molecular flexibility index (Phi) is 3.89. The molecule has 19 heavy (non-hydrogen) atoms. The molecular formula is C13H14FN3O2. The molecule has 1 unspecified atom stereocenters. The highest BCUT2D eigenvalue weighted by Gasteiger charge is 2.25. The van der Waals surface area contributed by atoms with Gasteiger partial charge in [-0.15, -0.1) is 5.10 Å². The third-order valence-electron chi connectivity index (χ3n) is 2.98. The number of rotatable bonds is 5. The van der Waals surface area contributed by atoms with Crippen molar-refractivity contribution in [3.05, 3.63) is 47.5 Å². The van der Waals surface area contributed by atoms with Gasteiger partial charge in [-0.3, -0.25) is 4.79 Å². The largest absolute Gasteiger partial charge is 0.481 e. The van der Waals surface area contributed by atoms with E-state index in [9.17, 15) is 14.3 Å². The van der Waals surface area contributed by atoms with Crippen LogP contribution >= 0.6 is 0 Å². The van der Waals surface area contributed by atoms with Crippen molar-refractivity contribution in [2.24, 2.45) is 0 Å². The van der Waals surface area contributed by atoms with Crippen LogP contribution in [0.2, 0.25) is 0 Å². The molecule has 0 bridgehead atoms. The second-order valence-corrected chi connectivity index (χ2v) is 4.16. The first-order valence-corrected chi connectivity index (χ1v) is 5.98. The van der Waals surface area contributed by atoms with Crippen LogP contribution < -0.4 is 0 Å². The Balaban J connectivity index is 2.32. The zero-order valence-electron chi connectivity index (χ0n) is 10.5. The molecule has 5 nitrogen and oxygen atoms in total. The van der Waals surface area contributed by atoms with Gasteiger partial charge in [0.1, 0.15) is 11.7 Å². The summed E-state index contributed by atoms with van der Waals surface area (Å²) in [6.45, 7) is 2.37. The summed E-state index contributed by atoms with van der Waals surface area (Å²) in [6, 6.07) is 6.17. The number of aryl methyl sites for hydroxylation is 1. The molecule has 0 aliphatic rings. The molecular weight excluding hydrogens is 249 g/mol. The van der Waals surface area contributed by atoms with Crippen LogP contribution in [0, 0.1) is 5.82 Å². The number of hydrogen-bond acceptors (Lipinski definition) is 3. The quantitative estimate of drug-likeness (QED) is 0.893. The maximum Gasteiger partial charge on any atom is 0.312 e. The van der Waals surface area contributed by atoms with Crippen molar-refractivity contribution in [1.29, 1.82) is 0 Å². The molecule has 0 fully saturated rings. The molecule has 0 radical (unpaired) electrons. The van der Waals surface area contributed by atoms with Crippen LogP contribution in [-0.2, 0) is 17.8 Å². The van der Waals surface area contributed by atoms with E-state index in [1.54, 1.807) is 18.2 Å². The first kappa shape index (κ1) is 13.2. The summed E-state index contributed by atoms with van der Waals surface area (Å²) in [6.07, 6.45) is 1.50. The van der Waals surface area contributed by atoms with Crippen LogP contribution in [0.4, 0.5) is 4.39 Å². The smallest absolute Gasteiger partial charge is 0.312 e. The number of hydrogen-bond donors (Lipinski definition) is 1. The van der Waals surface area contributed by atoms with E-state index in [1.807, 2.05) is 6.92 Å². The lowest BCUT2D eigenvalue weighted by Gasteiger charge is -2.13. The van der Waals surface area contributed by atoms with Gasteiger partial charge in [0.2, 0.25) is 0 Å². The number of carbonyl (C=O) groups is 1. The van der Waals surface area contributed by atoms with Crippen LogP contribution in [0.1, 0.15) is 24.1 Å². The Bertz CT molecular complexity index is 583. The third-order valence-corrected chi connectivity index (χ3v) is 2.98. The Labute approximate surface area is 109 Å². The van der Waals surface area contributed by atoms with Gasteiger partial charge in [0, 0.05) is 6.54 Å². The number of carboxylic acids is 1. The van der Waals surface area contributed by atoms with Gasteiger partial charge < -0.3 is 5.11 Å². The molecule has 2 aromatic rings. The molecule has 100 valence electrons. The topological polar surface area (TPSA) is 68.0 Å². The second kappa shape index (κ2) is 5.60. The molecule has 0 saturated carbocycles. The normalized spacial score (nSPS) is 12.3. The minimum atomic E-state index is -1.01. The summed E-state index contributed by atoms with van der Waals surface area (Å²) >= 11 is 0. The highest BCUT2D eigenvalue weighted by atomic mass is 19.1. The number of nitrogens with zero attached hydrogens (tertiary/aromatic N) is 3. The zero-order valence-corrected chi connectivity index (χ0v) is 10.5. The molecule has 1 aromatic carbocycles. The number of halogens is 1. The average molecular weight is 263 g/mol. The number of carboxylic acid groups (broad SMARTS) is 1. The van der Waals surface area contributed by atoms with Gasteiger partial charge in [-0.2, -0.15) is 0 Å². The van der Waals surface area contributed by atoms with Crippen molar-refractivity contribution in [2.75, 3.05) is 0 Å². The molecule has 6 heteroatoms. The highest BCUT2D eigenvalue weighted by molar-refractivity contribution is 5.75. The molecule has 0 aliphatic heterocycles. The lowest BCUT2D eigenvalue weighted by atomic mass is 9.96. The lowest BCUT2D eigenvalue weighted by Crippen LogP contribution is -2.19. The van der Waals surface area contributed by atoms with E-state index in [0.717, 1.165) is 0 Å². The van der Waals surface area contributed by atoms with Crippen LogP contribution in [0.5, 0.6) is 0 Å². The van der Waals surface area contributed by atoms with Gasteiger partial charge in [-0.05, 0) is 25.0 Å². The summed E-state index contributed by atoms with van der Waals surface area (Å²) < 4.78 is 15.1. The van der Waals surface area contributed by atoms with Crippen molar-refractivity contribution in [2.45, 2.75) is 25.8 Å². The molecule has 1 N–H and O–H groups in total. The molecule has 0 aliphatic carbocycles. The van der Waals surface area contributed by atoms with Gasteiger partial charge >= 0.3 is 5.97 Å². The fourth-order valence-electron chi connectivity index (χ4n) is 1.98. The molecule has 1 heterocycles. The molecule has 1 aromatic heterocycles. The number of benzene rings is 1. The predicted molar refractivity (Wildman–Crippen MR) is 66.2 cm³/mol. The van der Waals surface area contributed by atoms with E-state index in [0.29, 0.717) is 17.8 Å². The Morgan fingerprint density at radius 1 is 1.47 bits per heavy atom. The summed E-state index contributed by atoms with van der Waals surface area (Å²) in [5.74, 6) is -2.27. The standard InChI is InChI=1S/C13H14FN3O2/c1-2-17-12(8-15-16-17)10(13(18)19)7-9-5-3-4-6-11(9)14/h3-6,8,10H,2,7H2,1H3,(H,18,19). The van der Waals surface area contributed by atoms with E-state index in [1.165, 1.54) is 16.9 Å². The maximum absolute atomic E-state index is 13.6. The maximum atomic E-state index is 13.6. The number of aliphatic carboxylic acids is 1. The van der Waals surface area contributed by atoms with E-state index in [4.69, 9.17) is 0 Å². The first-order valence-electron chi connectivity index (χ1n) is 5.98. The van der Waals surface area contributed by atoms with Crippen LogP contribution in [0.3, 0.4) is 0 Å². The Morgan fingerprint density at radius 2 is 2.21 bits per heavy atom. The summed E-state index contributed by atoms with van der Waals surface area (Å²) in [4.78, 5) is 11.4. The van der Waals surface area contributed by atoms with E-state index >= 15 is 0 Å². The second-order valence-electron chi connectivity index (χ2n) is 4.16. The molecule has 0 saturated heterocycles. The first-order chi connectivity index (χ1) is 9.13. The van der Waals surface area contributed by atoms with Crippen LogP contribution in [-0.4, -0.2) is 26.1 Å². The highest BCUT2D eigenvalue weighted by Crippen LogP contribution is 2.22. The Morgan fingerprint density at radius 3 is 2.84 bits per heavy atom. The Hall–Kier alpha value is -2.24. The summed E-state index contributed by atoms with van der Waals surface area (Å²) in [5, 5.41) is 16.9. The SMILES string of the molecule is CCn1nncc1C(Cc1ccccc1F)C(=O)O.